The molecule has 100 valence electrons. The standard InChI is InChI=1S/C14H22N2O2/c1-11-3-2-4-12-13(11)10-16(14(12)9-15)5-7-18-8-6-17/h2-4,14,17H,5-10,15H2,1H3. The smallest absolute Gasteiger partial charge is 0.0698 e. The number of benzene rings is 1. The molecule has 4 heteroatoms. The number of ether oxygens (including phenoxy) is 1. The minimum Gasteiger partial charge on any atom is -0.394 e. The normalized spacial score (nSPS) is 19.2. The summed E-state index contributed by atoms with van der Waals surface area (Å²) >= 11 is 0. The van der Waals surface area contributed by atoms with Gasteiger partial charge in [-0.2, -0.15) is 0 Å². The number of aliphatic hydroxyl groups is 1. The summed E-state index contributed by atoms with van der Waals surface area (Å²) in [5, 5.41) is 8.68. The van der Waals surface area contributed by atoms with Crippen molar-refractivity contribution in [3.63, 3.8) is 0 Å². The Morgan fingerprint density at radius 1 is 1.44 bits per heavy atom. The summed E-state index contributed by atoms with van der Waals surface area (Å²) in [6.45, 7) is 5.73. The van der Waals surface area contributed by atoms with Crippen LogP contribution in [-0.2, 0) is 11.3 Å². The van der Waals surface area contributed by atoms with E-state index >= 15 is 0 Å². The SMILES string of the molecule is Cc1cccc2c1CN(CCOCCO)C2CN. The van der Waals surface area contributed by atoms with Gasteiger partial charge in [-0.25, -0.2) is 0 Å². The van der Waals surface area contributed by atoms with Gasteiger partial charge in [0, 0.05) is 25.7 Å². The zero-order valence-electron chi connectivity index (χ0n) is 10.9. The lowest BCUT2D eigenvalue weighted by molar-refractivity contribution is 0.0657. The quantitative estimate of drug-likeness (QED) is 0.734. The zero-order chi connectivity index (χ0) is 13.0. The van der Waals surface area contributed by atoms with E-state index in [1.165, 1.54) is 16.7 Å². The van der Waals surface area contributed by atoms with Crippen LogP contribution in [0.5, 0.6) is 0 Å². The van der Waals surface area contributed by atoms with E-state index in [1.807, 2.05) is 0 Å². The van der Waals surface area contributed by atoms with Gasteiger partial charge < -0.3 is 15.6 Å². The lowest BCUT2D eigenvalue weighted by Crippen LogP contribution is -2.31. The number of nitrogens with two attached hydrogens (primary N) is 1. The first-order valence-corrected chi connectivity index (χ1v) is 6.49. The third-order valence-electron chi connectivity index (χ3n) is 3.59. The molecule has 1 aliphatic rings. The molecule has 1 aromatic rings. The highest BCUT2D eigenvalue weighted by Gasteiger charge is 2.29. The molecule has 1 aliphatic heterocycles. The summed E-state index contributed by atoms with van der Waals surface area (Å²) in [5.74, 6) is 0. The number of hydrogen-bond acceptors (Lipinski definition) is 4. The van der Waals surface area contributed by atoms with Crippen LogP contribution in [0.2, 0.25) is 0 Å². The first-order chi connectivity index (χ1) is 8.77. The number of hydrogen-bond donors (Lipinski definition) is 2. The summed E-state index contributed by atoms with van der Waals surface area (Å²) in [6.07, 6.45) is 0. The van der Waals surface area contributed by atoms with Gasteiger partial charge >= 0.3 is 0 Å². The second kappa shape index (κ2) is 6.29. The van der Waals surface area contributed by atoms with E-state index in [1.54, 1.807) is 0 Å². The molecule has 0 radical (unpaired) electrons. The topological polar surface area (TPSA) is 58.7 Å². The maximum absolute atomic E-state index is 8.68. The van der Waals surface area contributed by atoms with Gasteiger partial charge in [0.1, 0.15) is 0 Å². The molecule has 4 nitrogen and oxygen atoms in total. The number of rotatable bonds is 6. The van der Waals surface area contributed by atoms with Crippen LogP contribution in [0.1, 0.15) is 22.7 Å². The fraction of sp³-hybridized carbons (Fsp3) is 0.571. The molecule has 0 aromatic heterocycles. The molecule has 3 N–H and O–H groups in total. The van der Waals surface area contributed by atoms with E-state index < -0.39 is 0 Å². The predicted molar refractivity (Wildman–Crippen MR) is 71.3 cm³/mol. The van der Waals surface area contributed by atoms with E-state index in [0.29, 0.717) is 25.8 Å². The van der Waals surface area contributed by atoms with Gasteiger partial charge in [0.15, 0.2) is 0 Å². The lowest BCUT2D eigenvalue weighted by Gasteiger charge is -2.23. The van der Waals surface area contributed by atoms with Gasteiger partial charge in [0.2, 0.25) is 0 Å². The van der Waals surface area contributed by atoms with Crippen molar-refractivity contribution < 1.29 is 9.84 Å². The van der Waals surface area contributed by atoms with E-state index in [4.69, 9.17) is 15.6 Å². The van der Waals surface area contributed by atoms with Crippen LogP contribution in [-0.4, -0.2) is 42.9 Å². The summed E-state index contributed by atoms with van der Waals surface area (Å²) in [4.78, 5) is 2.36. The molecule has 1 atom stereocenters. The summed E-state index contributed by atoms with van der Waals surface area (Å²) in [7, 11) is 0. The van der Waals surface area contributed by atoms with E-state index in [2.05, 4.69) is 30.0 Å². The van der Waals surface area contributed by atoms with E-state index in [-0.39, 0.29) is 6.61 Å². The van der Waals surface area contributed by atoms with Crippen molar-refractivity contribution in [3.05, 3.63) is 34.9 Å². The molecule has 0 aliphatic carbocycles. The Morgan fingerprint density at radius 2 is 2.28 bits per heavy atom. The second-order valence-electron chi connectivity index (χ2n) is 4.70. The van der Waals surface area contributed by atoms with Crippen LogP contribution < -0.4 is 5.73 Å². The Bertz CT molecular complexity index is 395. The van der Waals surface area contributed by atoms with E-state index in [9.17, 15) is 0 Å². The van der Waals surface area contributed by atoms with Gasteiger partial charge in [-0.15, -0.1) is 0 Å². The second-order valence-corrected chi connectivity index (χ2v) is 4.70. The number of nitrogens with zero attached hydrogens (tertiary/aromatic N) is 1. The first-order valence-electron chi connectivity index (χ1n) is 6.49. The molecule has 1 heterocycles. The van der Waals surface area contributed by atoms with Crippen LogP contribution in [0.15, 0.2) is 18.2 Å². The van der Waals surface area contributed by atoms with Crippen molar-refractivity contribution in [2.24, 2.45) is 5.73 Å². The molecule has 0 spiro atoms. The summed E-state index contributed by atoms with van der Waals surface area (Å²) in [5.41, 5.74) is 10.0. The van der Waals surface area contributed by atoms with Gasteiger partial charge in [0.05, 0.1) is 19.8 Å². The molecule has 0 fully saturated rings. The molecule has 2 rings (SSSR count). The van der Waals surface area contributed by atoms with Crippen LogP contribution in [0, 0.1) is 6.92 Å². The molecule has 18 heavy (non-hydrogen) atoms. The van der Waals surface area contributed by atoms with Crippen LogP contribution in [0.4, 0.5) is 0 Å². The third-order valence-corrected chi connectivity index (χ3v) is 3.59. The van der Waals surface area contributed by atoms with Gasteiger partial charge in [-0.1, -0.05) is 18.2 Å². The van der Waals surface area contributed by atoms with Gasteiger partial charge in [0.25, 0.3) is 0 Å². The highest BCUT2D eigenvalue weighted by atomic mass is 16.5. The molecule has 0 amide bonds. The highest BCUT2D eigenvalue weighted by Crippen LogP contribution is 2.34. The fourth-order valence-electron chi connectivity index (χ4n) is 2.62. The molecular weight excluding hydrogens is 228 g/mol. The van der Waals surface area contributed by atoms with E-state index in [0.717, 1.165) is 13.1 Å². The summed E-state index contributed by atoms with van der Waals surface area (Å²) in [6, 6.07) is 6.73. The molecule has 1 unspecified atom stereocenters. The third kappa shape index (κ3) is 2.72. The van der Waals surface area contributed by atoms with Gasteiger partial charge in [-0.3, -0.25) is 4.90 Å². The van der Waals surface area contributed by atoms with Crippen LogP contribution in [0.25, 0.3) is 0 Å². The molecule has 0 saturated heterocycles. The minimum atomic E-state index is 0.0830. The van der Waals surface area contributed by atoms with Crippen LogP contribution in [0.3, 0.4) is 0 Å². The maximum atomic E-state index is 8.68. The Balaban J connectivity index is 2.01. The van der Waals surface area contributed by atoms with Crippen molar-refractivity contribution >= 4 is 0 Å². The average molecular weight is 250 g/mol. The predicted octanol–water partition coefficient (Wildman–Crippen LogP) is 0.819. The Hall–Kier alpha value is -0.940. The maximum Gasteiger partial charge on any atom is 0.0698 e. The summed E-state index contributed by atoms with van der Waals surface area (Å²) < 4.78 is 5.33. The molecular formula is C14H22N2O2. The zero-order valence-corrected chi connectivity index (χ0v) is 10.9. The van der Waals surface area contributed by atoms with Crippen molar-refractivity contribution in [3.8, 4) is 0 Å². The average Bonchev–Trinajstić information content (AvgIpc) is 2.74. The van der Waals surface area contributed by atoms with Crippen molar-refractivity contribution in [1.82, 2.24) is 4.90 Å². The Labute approximate surface area is 108 Å². The first kappa shape index (κ1) is 13.5. The monoisotopic (exact) mass is 250 g/mol. The van der Waals surface area contributed by atoms with Crippen molar-refractivity contribution in [2.45, 2.75) is 19.5 Å². The Morgan fingerprint density at radius 3 is 3.00 bits per heavy atom. The largest absolute Gasteiger partial charge is 0.394 e. The molecule has 1 aromatic carbocycles. The number of fused-ring (bicyclic) bond motifs is 1. The molecule has 0 bridgehead atoms. The van der Waals surface area contributed by atoms with Crippen LogP contribution >= 0.6 is 0 Å². The molecule has 0 saturated carbocycles. The lowest BCUT2D eigenvalue weighted by atomic mass is 10.0. The number of aliphatic hydroxyl groups excluding tert-OH is 1. The highest BCUT2D eigenvalue weighted by molar-refractivity contribution is 5.40. The Kier molecular flexibility index (Phi) is 4.72. The van der Waals surface area contributed by atoms with Crippen molar-refractivity contribution in [1.29, 1.82) is 0 Å². The number of aryl methyl sites for hydroxylation is 1. The fourth-order valence-corrected chi connectivity index (χ4v) is 2.62. The van der Waals surface area contributed by atoms with Gasteiger partial charge in [-0.05, 0) is 23.6 Å². The van der Waals surface area contributed by atoms with Crippen molar-refractivity contribution in [2.75, 3.05) is 32.9 Å². The minimum absolute atomic E-state index is 0.0830.